The number of benzene rings is 2. The Bertz CT molecular complexity index is 985. The van der Waals surface area contributed by atoms with Crippen molar-refractivity contribution < 1.29 is 9.59 Å². The average Bonchev–Trinajstić information content (AvgIpc) is 2.81. The fourth-order valence-corrected chi connectivity index (χ4v) is 2.90. The lowest BCUT2D eigenvalue weighted by molar-refractivity contribution is 0.0640. The molecule has 4 rings (SSSR count). The van der Waals surface area contributed by atoms with Crippen LogP contribution >= 0.6 is 0 Å². The highest BCUT2D eigenvalue weighted by Gasteiger charge is 2.35. The Labute approximate surface area is 131 Å². The summed E-state index contributed by atoms with van der Waals surface area (Å²) in [5.74, 6) is -0.667. The van der Waals surface area contributed by atoms with Crippen LogP contribution in [-0.2, 0) is 6.54 Å². The van der Waals surface area contributed by atoms with E-state index in [1.165, 1.54) is 0 Å². The third-order valence-electron chi connectivity index (χ3n) is 4.02. The highest BCUT2D eigenvalue weighted by Crippen LogP contribution is 2.24. The summed E-state index contributed by atoms with van der Waals surface area (Å²) >= 11 is 0. The number of hydrogen-bond acceptors (Lipinski definition) is 3. The molecule has 1 aliphatic heterocycles. The first-order valence-corrected chi connectivity index (χ1v) is 7.21. The minimum Gasteiger partial charge on any atom is -0.324 e. The summed E-state index contributed by atoms with van der Waals surface area (Å²) in [5, 5.41) is 1.36. The van der Waals surface area contributed by atoms with Gasteiger partial charge in [0.05, 0.1) is 17.7 Å². The molecule has 0 atom stereocenters. The van der Waals surface area contributed by atoms with Gasteiger partial charge in [0, 0.05) is 11.1 Å². The number of amides is 2. The van der Waals surface area contributed by atoms with Gasteiger partial charge in [-0.1, -0.05) is 30.3 Å². The molecular weight excluding hydrogens is 292 g/mol. The zero-order valence-electron chi connectivity index (χ0n) is 12.1. The van der Waals surface area contributed by atoms with E-state index in [1.807, 2.05) is 12.1 Å². The fraction of sp³-hybridized carbons (Fsp3) is 0.0556. The Morgan fingerprint density at radius 1 is 0.826 bits per heavy atom. The van der Waals surface area contributed by atoms with Gasteiger partial charge in [-0.2, -0.15) is 0 Å². The van der Waals surface area contributed by atoms with Gasteiger partial charge in [0.15, 0.2) is 0 Å². The summed E-state index contributed by atoms with van der Waals surface area (Å²) in [4.78, 5) is 40.8. The predicted octanol–water partition coefficient (Wildman–Crippen LogP) is 2.32. The van der Waals surface area contributed by atoms with Crippen molar-refractivity contribution in [3.63, 3.8) is 0 Å². The zero-order chi connectivity index (χ0) is 16.0. The van der Waals surface area contributed by atoms with Crippen molar-refractivity contribution in [1.82, 2.24) is 9.88 Å². The Kier molecular flexibility index (Phi) is 2.87. The molecule has 0 unspecified atom stereocenters. The van der Waals surface area contributed by atoms with Gasteiger partial charge >= 0.3 is 0 Å². The number of hydrogen-bond donors (Lipinski definition) is 1. The maximum atomic E-state index is 12.4. The van der Waals surface area contributed by atoms with Crippen LogP contribution in [0, 0.1) is 0 Å². The second-order valence-electron chi connectivity index (χ2n) is 5.45. The van der Waals surface area contributed by atoms with Crippen molar-refractivity contribution in [1.29, 1.82) is 0 Å². The van der Waals surface area contributed by atoms with Crippen LogP contribution in [0.2, 0.25) is 0 Å². The summed E-state index contributed by atoms with van der Waals surface area (Å²) < 4.78 is 0. The molecule has 3 aromatic rings. The number of H-pyrrole nitrogens is 1. The lowest BCUT2D eigenvalue weighted by Crippen LogP contribution is -2.30. The molecule has 1 aliphatic rings. The highest BCUT2D eigenvalue weighted by atomic mass is 16.2. The van der Waals surface area contributed by atoms with Gasteiger partial charge in [-0.3, -0.25) is 19.3 Å². The minimum absolute atomic E-state index is 0.0480. The molecule has 2 aromatic carbocycles. The maximum Gasteiger partial charge on any atom is 0.261 e. The Morgan fingerprint density at radius 3 is 2.13 bits per heavy atom. The maximum absolute atomic E-state index is 12.4. The van der Waals surface area contributed by atoms with Crippen molar-refractivity contribution in [2.24, 2.45) is 0 Å². The van der Waals surface area contributed by atoms with E-state index in [0.29, 0.717) is 22.2 Å². The second kappa shape index (κ2) is 4.91. The van der Waals surface area contributed by atoms with Crippen molar-refractivity contribution in [2.75, 3.05) is 0 Å². The second-order valence-corrected chi connectivity index (χ2v) is 5.45. The standard InChI is InChI=1S/C18H12N2O3/c21-16-13-6-2-1-5-11(13)9-12(19-16)10-20-17(22)14-7-3-4-8-15(14)18(20)23/h1-9H,10H2,(H,19,21). The van der Waals surface area contributed by atoms with E-state index >= 15 is 0 Å². The van der Waals surface area contributed by atoms with Gasteiger partial charge in [-0.05, 0) is 29.7 Å². The van der Waals surface area contributed by atoms with Crippen LogP contribution in [0.4, 0.5) is 0 Å². The van der Waals surface area contributed by atoms with Crippen LogP contribution in [0.3, 0.4) is 0 Å². The van der Waals surface area contributed by atoms with Crippen LogP contribution in [0.15, 0.2) is 59.4 Å². The molecule has 2 heterocycles. The molecule has 0 saturated heterocycles. The van der Waals surface area contributed by atoms with Crippen LogP contribution in [0.1, 0.15) is 26.4 Å². The molecule has 0 saturated carbocycles. The predicted molar refractivity (Wildman–Crippen MR) is 85.2 cm³/mol. The van der Waals surface area contributed by atoms with E-state index in [4.69, 9.17) is 0 Å². The Hall–Kier alpha value is -3.21. The van der Waals surface area contributed by atoms with Crippen molar-refractivity contribution in [3.8, 4) is 0 Å². The Morgan fingerprint density at radius 2 is 1.43 bits per heavy atom. The van der Waals surface area contributed by atoms with Gasteiger partial charge in [0.1, 0.15) is 0 Å². The number of nitrogens with one attached hydrogen (secondary N) is 1. The Balaban J connectivity index is 1.74. The number of fused-ring (bicyclic) bond motifs is 2. The molecule has 1 aromatic heterocycles. The van der Waals surface area contributed by atoms with Gasteiger partial charge in [0.2, 0.25) is 0 Å². The SMILES string of the molecule is O=C1c2ccccc2C(=O)N1Cc1cc2ccccc2c(=O)[nH]1. The summed E-state index contributed by atoms with van der Waals surface area (Å²) in [6.45, 7) is 0.0480. The lowest BCUT2D eigenvalue weighted by Gasteiger charge is -2.14. The van der Waals surface area contributed by atoms with E-state index in [0.717, 1.165) is 10.3 Å². The molecule has 5 nitrogen and oxygen atoms in total. The molecule has 0 spiro atoms. The number of nitrogens with zero attached hydrogens (tertiary/aromatic N) is 1. The van der Waals surface area contributed by atoms with Gasteiger partial charge < -0.3 is 4.98 Å². The molecule has 0 aliphatic carbocycles. The molecule has 5 heteroatoms. The number of carbonyl (C=O) groups excluding carboxylic acids is 2. The topological polar surface area (TPSA) is 70.2 Å². The molecule has 2 amide bonds. The fourth-order valence-electron chi connectivity index (χ4n) is 2.90. The number of carbonyl (C=O) groups is 2. The van der Waals surface area contributed by atoms with Crippen LogP contribution in [0.25, 0.3) is 10.8 Å². The van der Waals surface area contributed by atoms with Crippen molar-refractivity contribution in [2.45, 2.75) is 6.54 Å². The lowest BCUT2D eigenvalue weighted by atomic mass is 10.1. The molecule has 0 fully saturated rings. The van der Waals surface area contributed by atoms with Crippen LogP contribution < -0.4 is 5.56 Å². The van der Waals surface area contributed by atoms with E-state index in [1.54, 1.807) is 42.5 Å². The van der Waals surface area contributed by atoms with E-state index in [2.05, 4.69) is 4.98 Å². The zero-order valence-corrected chi connectivity index (χ0v) is 12.1. The number of imide groups is 1. The first kappa shape index (κ1) is 13.5. The molecule has 0 radical (unpaired) electrons. The van der Waals surface area contributed by atoms with Crippen molar-refractivity contribution in [3.05, 3.63) is 81.8 Å². The monoisotopic (exact) mass is 304 g/mol. The summed E-state index contributed by atoms with van der Waals surface area (Å²) in [7, 11) is 0. The third kappa shape index (κ3) is 2.05. The number of aromatic nitrogens is 1. The minimum atomic E-state index is -0.334. The van der Waals surface area contributed by atoms with Gasteiger partial charge in [0.25, 0.3) is 17.4 Å². The number of rotatable bonds is 2. The molecule has 112 valence electrons. The molecule has 0 bridgehead atoms. The van der Waals surface area contributed by atoms with Gasteiger partial charge in [-0.15, -0.1) is 0 Å². The smallest absolute Gasteiger partial charge is 0.261 e. The average molecular weight is 304 g/mol. The highest BCUT2D eigenvalue weighted by molar-refractivity contribution is 6.21. The van der Waals surface area contributed by atoms with Crippen LogP contribution in [-0.4, -0.2) is 21.7 Å². The number of pyridine rings is 1. The first-order chi connectivity index (χ1) is 11.1. The molecular formula is C18H12N2O3. The normalized spacial score (nSPS) is 13.7. The third-order valence-corrected chi connectivity index (χ3v) is 4.02. The summed E-state index contributed by atoms with van der Waals surface area (Å²) in [6.07, 6.45) is 0. The quantitative estimate of drug-likeness (QED) is 0.739. The largest absolute Gasteiger partial charge is 0.324 e. The molecule has 23 heavy (non-hydrogen) atoms. The first-order valence-electron chi connectivity index (χ1n) is 7.21. The van der Waals surface area contributed by atoms with E-state index < -0.39 is 0 Å². The number of aromatic amines is 1. The van der Waals surface area contributed by atoms with E-state index in [-0.39, 0.29) is 23.9 Å². The van der Waals surface area contributed by atoms with E-state index in [9.17, 15) is 14.4 Å². The molecule has 1 N–H and O–H groups in total. The summed E-state index contributed by atoms with van der Waals surface area (Å²) in [6, 6.07) is 15.7. The summed E-state index contributed by atoms with van der Waals surface area (Å²) in [5.41, 5.74) is 1.11. The van der Waals surface area contributed by atoms with Crippen LogP contribution in [0.5, 0.6) is 0 Å². The van der Waals surface area contributed by atoms with Gasteiger partial charge in [-0.25, -0.2) is 0 Å². The van der Waals surface area contributed by atoms with Crippen molar-refractivity contribution >= 4 is 22.6 Å².